The maximum absolute atomic E-state index is 13.6. The lowest BCUT2D eigenvalue weighted by molar-refractivity contribution is 0.00394. The molecule has 1 N–H and O–H groups in total. The lowest BCUT2D eigenvalue weighted by Crippen LogP contribution is -2.35. The number of sulfonamides is 1. The average molecular weight is 495 g/mol. The summed E-state index contributed by atoms with van der Waals surface area (Å²) in [5.41, 5.74) is 1.20. The first-order valence-corrected chi connectivity index (χ1v) is 13.4. The van der Waals surface area contributed by atoms with Gasteiger partial charge in [0.15, 0.2) is 5.82 Å². The van der Waals surface area contributed by atoms with Crippen LogP contribution in [0.15, 0.2) is 12.4 Å². The minimum Gasteiger partial charge on any atom is -0.381 e. The van der Waals surface area contributed by atoms with Crippen LogP contribution in [0.3, 0.4) is 0 Å². The number of hydrogen-bond donors (Lipinski definition) is 1. The zero-order valence-corrected chi connectivity index (χ0v) is 21.0. The number of ether oxygens (including phenoxy) is 3. The van der Waals surface area contributed by atoms with Gasteiger partial charge in [-0.25, -0.2) is 8.42 Å². The van der Waals surface area contributed by atoms with E-state index in [1.807, 2.05) is 25.3 Å². The molecular formula is C22H34N6O5S. The van der Waals surface area contributed by atoms with Crippen LogP contribution in [0, 0.1) is 6.92 Å². The molecule has 0 amide bonds. The van der Waals surface area contributed by atoms with Crippen molar-refractivity contribution in [1.82, 2.24) is 24.7 Å². The van der Waals surface area contributed by atoms with E-state index in [1.54, 1.807) is 19.3 Å². The monoisotopic (exact) mass is 494 g/mol. The van der Waals surface area contributed by atoms with E-state index in [2.05, 4.69) is 24.9 Å². The van der Waals surface area contributed by atoms with Crippen LogP contribution in [0.2, 0.25) is 0 Å². The number of aryl methyl sites for hydroxylation is 1. The molecule has 4 rings (SSSR count). The molecule has 0 bridgehead atoms. The van der Waals surface area contributed by atoms with E-state index in [0.29, 0.717) is 31.3 Å². The molecule has 12 heteroatoms. The van der Waals surface area contributed by atoms with Crippen LogP contribution in [0.4, 0.5) is 5.95 Å². The summed E-state index contributed by atoms with van der Waals surface area (Å²) in [6.07, 6.45) is 5.25. The predicted octanol–water partition coefficient (Wildman–Crippen LogP) is 2.88. The molecule has 3 atom stereocenters. The van der Waals surface area contributed by atoms with E-state index in [-0.39, 0.29) is 24.2 Å². The molecule has 0 spiro atoms. The molecule has 0 aliphatic carbocycles. The predicted molar refractivity (Wildman–Crippen MR) is 125 cm³/mol. The van der Waals surface area contributed by atoms with Crippen LogP contribution in [-0.2, 0) is 24.2 Å². The van der Waals surface area contributed by atoms with Crippen LogP contribution in [-0.4, -0.2) is 64.3 Å². The number of nitrogens with zero attached hydrogens (tertiary/aromatic N) is 5. The Morgan fingerprint density at radius 1 is 1.09 bits per heavy atom. The van der Waals surface area contributed by atoms with Gasteiger partial charge in [0, 0.05) is 32.1 Å². The maximum Gasteiger partial charge on any atom is 0.240 e. The van der Waals surface area contributed by atoms with E-state index in [1.165, 1.54) is 0 Å². The van der Waals surface area contributed by atoms with Crippen molar-refractivity contribution >= 4 is 16.0 Å². The van der Waals surface area contributed by atoms with E-state index in [9.17, 15) is 8.42 Å². The quantitative estimate of drug-likeness (QED) is 0.559. The minimum atomic E-state index is -3.93. The third-order valence-corrected chi connectivity index (χ3v) is 7.85. The van der Waals surface area contributed by atoms with Crippen molar-refractivity contribution in [2.45, 2.75) is 83.0 Å². The lowest BCUT2D eigenvalue weighted by atomic mass is 10.1. The first-order valence-electron chi connectivity index (χ1n) is 11.9. The Morgan fingerprint density at radius 3 is 2.47 bits per heavy atom. The van der Waals surface area contributed by atoms with Gasteiger partial charge < -0.3 is 14.2 Å². The molecule has 0 saturated carbocycles. The van der Waals surface area contributed by atoms with Gasteiger partial charge in [0.1, 0.15) is 17.5 Å². The highest BCUT2D eigenvalue weighted by atomic mass is 32.2. The summed E-state index contributed by atoms with van der Waals surface area (Å²) in [4.78, 5) is 8.65. The van der Waals surface area contributed by atoms with E-state index >= 15 is 0 Å². The number of rotatable bonds is 9. The smallest absolute Gasteiger partial charge is 0.240 e. The van der Waals surface area contributed by atoms with Gasteiger partial charge in [0.25, 0.3) is 0 Å². The molecule has 0 radical (unpaired) electrons. The standard InChI is InChI=1S/C22H34N6O5S/c1-14(2)33-20(18-13-23-15(3)12-24-18)16(4)34(29,30)27-22-26-25-21(19-6-5-9-32-19)28(22)17-7-10-31-11-8-17/h12-14,16-17,19-20H,5-11H2,1-4H3,(H,26,27)/t16-,19-,20+/m0/s1. The molecular weight excluding hydrogens is 460 g/mol. The first kappa shape index (κ1) is 25.0. The second-order valence-corrected chi connectivity index (χ2v) is 11.2. The molecule has 34 heavy (non-hydrogen) atoms. The molecule has 2 aliphatic rings. The largest absolute Gasteiger partial charge is 0.381 e. The van der Waals surface area contributed by atoms with Crippen LogP contribution in [0.1, 0.15) is 81.9 Å². The summed E-state index contributed by atoms with van der Waals surface area (Å²) in [6.45, 7) is 9.02. The topological polar surface area (TPSA) is 130 Å². The fourth-order valence-corrected chi connectivity index (χ4v) is 5.43. The van der Waals surface area contributed by atoms with Crippen LogP contribution < -0.4 is 4.72 Å². The van der Waals surface area contributed by atoms with Gasteiger partial charge in [-0.2, -0.15) is 0 Å². The summed E-state index contributed by atoms with van der Waals surface area (Å²) < 4.78 is 49.1. The van der Waals surface area contributed by atoms with Crippen LogP contribution >= 0.6 is 0 Å². The number of anilines is 1. The molecule has 2 aromatic heterocycles. The fourth-order valence-electron chi connectivity index (χ4n) is 4.32. The van der Waals surface area contributed by atoms with E-state index in [0.717, 1.165) is 31.4 Å². The fraction of sp³-hybridized carbons (Fsp3) is 0.727. The third-order valence-electron chi connectivity index (χ3n) is 6.16. The Bertz CT molecular complexity index is 1050. The van der Waals surface area contributed by atoms with Crippen molar-refractivity contribution < 1.29 is 22.6 Å². The number of aromatic nitrogens is 5. The SMILES string of the molecule is Cc1cnc([C@H](OC(C)C)[C@H](C)S(=O)(=O)Nc2nnc([C@@H]3CCCO3)n2C2CCOCC2)cn1. The molecule has 11 nitrogen and oxygen atoms in total. The van der Waals surface area contributed by atoms with E-state index < -0.39 is 21.4 Å². The molecule has 4 heterocycles. The zero-order chi connectivity index (χ0) is 24.3. The highest BCUT2D eigenvalue weighted by Crippen LogP contribution is 2.35. The van der Waals surface area contributed by atoms with Crippen molar-refractivity contribution in [3.8, 4) is 0 Å². The first-order chi connectivity index (χ1) is 16.3. The Hall–Kier alpha value is -2.15. The van der Waals surface area contributed by atoms with Gasteiger partial charge in [0.2, 0.25) is 16.0 Å². The summed E-state index contributed by atoms with van der Waals surface area (Å²) in [7, 11) is -3.93. The zero-order valence-electron chi connectivity index (χ0n) is 20.2. The van der Waals surface area contributed by atoms with Crippen molar-refractivity contribution in [2.24, 2.45) is 0 Å². The lowest BCUT2D eigenvalue weighted by Gasteiger charge is -2.28. The summed E-state index contributed by atoms with van der Waals surface area (Å²) >= 11 is 0. The minimum absolute atomic E-state index is 0.0293. The summed E-state index contributed by atoms with van der Waals surface area (Å²) in [6, 6.07) is 0.0293. The summed E-state index contributed by atoms with van der Waals surface area (Å²) in [5.74, 6) is 0.858. The van der Waals surface area contributed by atoms with Gasteiger partial charge in [-0.05, 0) is 53.4 Å². The highest BCUT2D eigenvalue weighted by Gasteiger charge is 2.36. The van der Waals surface area contributed by atoms with Gasteiger partial charge in [-0.3, -0.25) is 19.3 Å². The van der Waals surface area contributed by atoms with Crippen molar-refractivity contribution in [3.05, 3.63) is 29.6 Å². The average Bonchev–Trinajstić information content (AvgIpc) is 3.48. The molecule has 2 saturated heterocycles. The van der Waals surface area contributed by atoms with Gasteiger partial charge in [-0.15, -0.1) is 10.2 Å². The molecule has 2 aromatic rings. The Balaban J connectivity index is 1.64. The Kier molecular flexibility index (Phi) is 7.80. The van der Waals surface area contributed by atoms with Gasteiger partial charge >= 0.3 is 0 Å². The highest BCUT2D eigenvalue weighted by molar-refractivity contribution is 7.93. The third kappa shape index (κ3) is 5.56. The number of hydrogen-bond acceptors (Lipinski definition) is 9. The van der Waals surface area contributed by atoms with Crippen LogP contribution in [0.5, 0.6) is 0 Å². The van der Waals surface area contributed by atoms with E-state index in [4.69, 9.17) is 14.2 Å². The second-order valence-electron chi connectivity index (χ2n) is 9.14. The molecule has 188 valence electrons. The Morgan fingerprint density at radius 2 is 1.85 bits per heavy atom. The summed E-state index contributed by atoms with van der Waals surface area (Å²) in [5, 5.41) is 7.63. The normalized spacial score (nSPS) is 21.6. The number of nitrogens with one attached hydrogen (secondary N) is 1. The second kappa shape index (κ2) is 10.6. The molecule has 0 unspecified atom stereocenters. The van der Waals surface area contributed by atoms with Crippen LogP contribution in [0.25, 0.3) is 0 Å². The molecule has 2 fully saturated rings. The van der Waals surface area contributed by atoms with Gasteiger partial charge in [0.05, 0.1) is 23.7 Å². The van der Waals surface area contributed by atoms with Gasteiger partial charge in [-0.1, -0.05) is 0 Å². The van der Waals surface area contributed by atoms with Crippen molar-refractivity contribution in [3.63, 3.8) is 0 Å². The maximum atomic E-state index is 13.6. The van der Waals surface area contributed by atoms with Crippen molar-refractivity contribution in [2.75, 3.05) is 24.5 Å². The molecule has 0 aromatic carbocycles. The Labute approximate surface area is 200 Å². The van der Waals surface area contributed by atoms with Crippen molar-refractivity contribution in [1.29, 1.82) is 0 Å². The molecule has 2 aliphatic heterocycles.